The van der Waals surface area contributed by atoms with Crippen LogP contribution in [0.3, 0.4) is 0 Å². The summed E-state index contributed by atoms with van der Waals surface area (Å²) in [6.45, 7) is -4.02. The molecule has 0 unspecified atom stereocenters. The van der Waals surface area contributed by atoms with Crippen LogP contribution in [0.1, 0.15) is 11.3 Å². The van der Waals surface area contributed by atoms with Crippen molar-refractivity contribution in [2.75, 3.05) is 0 Å². The number of nitro benzene ring substituents is 1. The van der Waals surface area contributed by atoms with E-state index in [-0.39, 0.29) is 17.1 Å². The lowest BCUT2D eigenvalue weighted by Crippen LogP contribution is -2.49. The van der Waals surface area contributed by atoms with E-state index in [0.717, 1.165) is 8.96 Å². The van der Waals surface area contributed by atoms with E-state index < -0.39 is 11.9 Å². The lowest BCUT2D eigenvalue weighted by Gasteiger charge is -2.30. The monoisotopic (exact) mass is 391 g/mol. The first kappa shape index (κ1) is 15.0. The molecule has 120 valence electrons. The van der Waals surface area contributed by atoms with Crippen LogP contribution in [0.2, 0.25) is 0 Å². The Labute approximate surface area is 143 Å². The number of nitrogens with zero attached hydrogens (tertiary/aromatic N) is 3. The highest BCUT2D eigenvalue weighted by atomic mass is 79.9. The largest absolute Gasteiger partial charge is 0.737 e. The van der Waals surface area contributed by atoms with Gasteiger partial charge in [0, 0.05) is 28.4 Å². The summed E-state index contributed by atoms with van der Waals surface area (Å²) < 4.78 is 31.7. The molecule has 0 atom stereocenters. The second kappa shape index (κ2) is 4.97. The standard InChI is InChI=1S/C15H9BBrF2N3O2/c17-10-5-6-11(14(9-10)22(23)24)15-12-3-1-7-20(12)16(18,19)21-8-2-4-13(15)21/h1-9H. The molecular formula is C15H9BBrF2N3O2. The summed E-state index contributed by atoms with van der Waals surface area (Å²) in [7, 11) is 0. The fourth-order valence-electron chi connectivity index (χ4n) is 3.16. The van der Waals surface area contributed by atoms with E-state index in [9.17, 15) is 18.7 Å². The molecule has 0 bridgehead atoms. The molecular weight excluding hydrogens is 383 g/mol. The Balaban J connectivity index is 2.08. The Morgan fingerprint density at radius 1 is 1.29 bits per heavy atom. The molecule has 0 saturated heterocycles. The Morgan fingerprint density at radius 2 is 2.08 bits per heavy atom. The third-order valence-electron chi connectivity index (χ3n) is 4.17. The van der Waals surface area contributed by atoms with Crippen molar-refractivity contribution < 1.29 is 18.0 Å². The average Bonchev–Trinajstić information content (AvgIpc) is 3.18. The fraction of sp³-hybridized carbons (Fsp3) is 0. The minimum atomic E-state index is -4.02. The maximum absolute atomic E-state index is 14.7. The van der Waals surface area contributed by atoms with Gasteiger partial charge in [0.25, 0.3) is 5.69 Å². The summed E-state index contributed by atoms with van der Waals surface area (Å²) >= 11 is 3.21. The number of hydrogen-bond donors (Lipinski definition) is 0. The van der Waals surface area contributed by atoms with Gasteiger partial charge >= 0.3 is 6.97 Å². The van der Waals surface area contributed by atoms with Gasteiger partial charge in [0.05, 0.1) is 16.1 Å². The molecule has 2 aliphatic rings. The van der Waals surface area contributed by atoms with Gasteiger partial charge in [0.2, 0.25) is 0 Å². The molecule has 3 heterocycles. The summed E-state index contributed by atoms with van der Waals surface area (Å²) in [6, 6.07) is 7.67. The zero-order valence-electron chi connectivity index (χ0n) is 12.1. The van der Waals surface area contributed by atoms with Crippen LogP contribution in [0.5, 0.6) is 0 Å². The van der Waals surface area contributed by atoms with E-state index in [1.54, 1.807) is 24.3 Å². The van der Waals surface area contributed by atoms with Crippen molar-refractivity contribution in [1.29, 1.82) is 0 Å². The molecule has 2 aromatic rings. The summed E-state index contributed by atoms with van der Waals surface area (Å²) in [5, 5.41) is 11.5. The SMILES string of the molecule is O=[N+]([O-])c1cc(Br)ccc1C1=C2C=CC=[N+]2[B-](F)(F)n2cccc21. The van der Waals surface area contributed by atoms with Crippen LogP contribution in [0.15, 0.2) is 58.9 Å². The minimum absolute atomic E-state index is 0.141. The van der Waals surface area contributed by atoms with E-state index in [0.29, 0.717) is 15.6 Å². The van der Waals surface area contributed by atoms with Crippen LogP contribution in [0.25, 0.3) is 5.57 Å². The number of nitro groups is 1. The number of benzene rings is 1. The van der Waals surface area contributed by atoms with Crippen molar-refractivity contribution in [3.05, 3.63) is 80.2 Å². The molecule has 0 aliphatic carbocycles. The third kappa shape index (κ3) is 1.94. The smallest absolute Gasteiger partial charge is 0.396 e. The number of aromatic nitrogens is 1. The molecule has 4 rings (SSSR count). The van der Waals surface area contributed by atoms with E-state index in [4.69, 9.17) is 0 Å². The molecule has 0 spiro atoms. The fourth-order valence-corrected chi connectivity index (χ4v) is 3.51. The Hall–Kier alpha value is -2.55. The Morgan fingerprint density at radius 3 is 2.83 bits per heavy atom. The van der Waals surface area contributed by atoms with Crippen molar-refractivity contribution in [2.24, 2.45) is 0 Å². The van der Waals surface area contributed by atoms with Crippen molar-refractivity contribution in [3.8, 4) is 0 Å². The predicted molar refractivity (Wildman–Crippen MR) is 90.1 cm³/mol. The average molecular weight is 392 g/mol. The number of allylic oxidation sites excluding steroid dienone is 2. The molecule has 0 radical (unpaired) electrons. The van der Waals surface area contributed by atoms with Crippen LogP contribution in [0.4, 0.5) is 14.3 Å². The Kier molecular flexibility index (Phi) is 3.11. The van der Waals surface area contributed by atoms with Crippen LogP contribution < -0.4 is 0 Å². The van der Waals surface area contributed by atoms with Gasteiger partial charge < -0.3 is 17.6 Å². The van der Waals surface area contributed by atoms with E-state index in [1.807, 2.05) is 0 Å². The molecule has 5 nitrogen and oxygen atoms in total. The van der Waals surface area contributed by atoms with Crippen LogP contribution in [-0.4, -0.2) is 27.1 Å². The van der Waals surface area contributed by atoms with Gasteiger partial charge in [0.15, 0.2) is 5.70 Å². The minimum Gasteiger partial charge on any atom is -0.396 e. The van der Waals surface area contributed by atoms with Crippen molar-refractivity contribution in [2.45, 2.75) is 0 Å². The number of hydrogen-bond acceptors (Lipinski definition) is 2. The maximum Gasteiger partial charge on any atom is 0.737 e. The first-order chi connectivity index (χ1) is 11.4. The van der Waals surface area contributed by atoms with Gasteiger partial charge in [-0.1, -0.05) is 15.9 Å². The molecule has 24 heavy (non-hydrogen) atoms. The van der Waals surface area contributed by atoms with Crippen LogP contribution >= 0.6 is 15.9 Å². The summed E-state index contributed by atoms with van der Waals surface area (Å²) in [4.78, 5) is 10.9. The van der Waals surface area contributed by atoms with Crippen LogP contribution in [0, 0.1) is 10.1 Å². The van der Waals surface area contributed by atoms with Gasteiger partial charge in [-0.3, -0.25) is 10.1 Å². The third-order valence-corrected chi connectivity index (χ3v) is 4.66. The molecule has 2 aliphatic heterocycles. The number of halogens is 3. The van der Waals surface area contributed by atoms with Gasteiger partial charge in [-0.25, -0.2) is 0 Å². The highest BCUT2D eigenvalue weighted by Crippen LogP contribution is 2.41. The predicted octanol–water partition coefficient (Wildman–Crippen LogP) is 3.81. The van der Waals surface area contributed by atoms with Crippen molar-refractivity contribution >= 4 is 40.4 Å². The topological polar surface area (TPSA) is 51.1 Å². The van der Waals surface area contributed by atoms with Gasteiger partial charge in [-0.05, 0) is 30.5 Å². The highest BCUT2D eigenvalue weighted by molar-refractivity contribution is 9.10. The first-order valence-corrected chi connectivity index (χ1v) is 7.89. The van der Waals surface area contributed by atoms with Crippen molar-refractivity contribution in [1.82, 2.24) is 4.48 Å². The Bertz CT molecular complexity index is 994. The van der Waals surface area contributed by atoms with Gasteiger partial charge in [0.1, 0.15) is 6.21 Å². The van der Waals surface area contributed by atoms with Gasteiger partial charge in [-0.15, -0.1) is 0 Å². The zero-order valence-corrected chi connectivity index (χ0v) is 13.7. The lowest BCUT2D eigenvalue weighted by atomic mass is 9.86. The second-order valence-corrected chi connectivity index (χ2v) is 6.40. The molecule has 1 aromatic carbocycles. The number of rotatable bonds is 2. The zero-order chi connectivity index (χ0) is 17.1. The van der Waals surface area contributed by atoms with Crippen molar-refractivity contribution in [3.63, 3.8) is 0 Å². The van der Waals surface area contributed by atoms with Gasteiger partial charge in [-0.2, -0.15) is 0 Å². The quantitative estimate of drug-likeness (QED) is 0.444. The molecule has 0 amide bonds. The summed E-state index contributed by atoms with van der Waals surface area (Å²) in [6.07, 6.45) is 5.65. The molecule has 0 fully saturated rings. The van der Waals surface area contributed by atoms with E-state index in [2.05, 4.69) is 15.9 Å². The first-order valence-electron chi connectivity index (χ1n) is 7.09. The normalized spacial score (nSPS) is 17.5. The molecule has 0 N–H and O–H groups in total. The molecule has 0 saturated carbocycles. The lowest BCUT2D eigenvalue weighted by molar-refractivity contribution is -0.385. The summed E-state index contributed by atoms with van der Waals surface area (Å²) in [5.41, 5.74) is 1.09. The van der Waals surface area contributed by atoms with Crippen LogP contribution in [-0.2, 0) is 0 Å². The highest BCUT2D eigenvalue weighted by Gasteiger charge is 2.52. The van der Waals surface area contributed by atoms with E-state index >= 15 is 0 Å². The summed E-state index contributed by atoms with van der Waals surface area (Å²) in [5.74, 6) is 0. The number of fused-ring (bicyclic) bond motifs is 2. The molecule has 1 aromatic heterocycles. The van der Waals surface area contributed by atoms with E-state index in [1.165, 1.54) is 30.6 Å². The maximum atomic E-state index is 14.7. The second-order valence-electron chi connectivity index (χ2n) is 5.48. The molecule has 9 heteroatoms.